The molecule has 1 N–H and O–H groups in total. The van der Waals surface area contributed by atoms with Crippen LogP contribution >= 0.6 is 0 Å². The third-order valence-electron chi connectivity index (χ3n) is 3.65. The second-order valence-electron chi connectivity index (χ2n) is 6.99. The Hall–Kier alpha value is -3.02. The largest absolute Gasteiger partial charge is 0.346 e. The number of rotatable bonds is 3. The highest BCUT2D eigenvalue weighted by Crippen LogP contribution is 2.24. The van der Waals surface area contributed by atoms with E-state index in [4.69, 9.17) is 0 Å². The van der Waals surface area contributed by atoms with Gasteiger partial charge in [0.05, 0.1) is 11.4 Å². The lowest BCUT2D eigenvalue weighted by atomic mass is 10.1. The number of nitrogens with zero attached hydrogens (tertiary/aromatic N) is 2. The molecule has 0 atom stereocenters. The summed E-state index contributed by atoms with van der Waals surface area (Å²) in [6, 6.07) is 13.3. The van der Waals surface area contributed by atoms with E-state index < -0.39 is 17.2 Å². The van der Waals surface area contributed by atoms with Gasteiger partial charge in [0.2, 0.25) is 0 Å². The molecule has 3 rings (SSSR count). The SMILES string of the molecule is CC(C)(C)NC(=O)c1cc(-c2ccccc2F)nn1-c1ccc(F)cc1. The average molecular weight is 355 g/mol. The maximum absolute atomic E-state index is 14.1. The molecule has 0 radical (unpaired) electrons. The number of benzene rings is 2. The van der Waals surface area contributed by atoms with Crippen molar-refractivity contribution < 1.29 is 13.6 Å². The molecule has 4 nitrogen and oxygen atoms in total. The molecule has 2 aromatic carbocycles. The molecule has 0 spiro atoms. The zero-order valence-corrected chi connectivity index (χ0v) is 14.8. The molecule has 1 amide bonds. The number of hydrogen-bond acceptors (Lipinski definition) is 2. The van der Waals surface area contributed by atoms with Gasteiger partial charge in [-0.3, -0.25) is 4.79 Å². The molecule has 1 aromatic heterocycles. The first kappa shape index (κ1) is 17.8. The topological polar surface area (TPSA) is 46.9 Å². The minimum Gasteiger partial charge on any atom is -0.346 e. The predicted molar refractivity (Wildman–Crippen MR) is 96.1 cm³/mol. The smallest absolute Gasteiger partial charge is 0.270 e. The van der Waals surface area contributed by atoms with Crippen molar-refractivity contribution in [3.63, 3.8) is 0 Å². The number of amides is 1. The van der Waals surface area contributed by atoms with Gasteiger partial charge in [-0.1, -0.05) is 12.1 Å². The minimum absolute atomic E-state index is 0.241. The first-order valence-electron chi connectivity index (χ1n) is 8.18. The van der Waals surface area contributed by atoms with Crippen molar-refractivity contribution in [1.82, 2.24) is 15.1 Å². The van der Waals surface area contributed by atoms with Crippen molar-refractivity contribution in [2.24, 2.45) is 0 Å². The minimum atomic E-state index is -0.451. The molecule has 134 valence electrons. The predicted octanol–water partition coefficient (Wildman–Crippen LogP) is 4.35. The van der Waals surface area contributed by atoms with E-state index in [2.05, 4.69) is 10.4 Å². The lowest BCUT2D eigenvalue weighted by Crippen LogP contribution is -2.41. The van der Waals surface area contributed by atoms with Crippen LogP contribution in [0, 0.1) is 11.6 Å². The second kappa shape index (κ2) is 6.71. The number of hydrogen-bond donors (Lipinski definition) is 1. The summed E-state index contributed by atoms with van der Waals surface area (Å²) in [5.74, 6) is -1.17. The molecule has 0 unspecified atom stereocenters. The fourth-order valence-electron chi connectivity index (χ4n) is 2.53. The van der Waals surface area contributed by atoms with Gasteiger partial charge < -0.3 is 5.32 Å². The van der Waals surface area contributed by atoms with Gasteiger partial charge in [-0.05, 0) is 63.2 Å². The van der Waals surface area contributed by atoms with Gasteiger partial charge in [-0.2, -0.15) is 5.10 Å². The summed E-state index contributed by atoms with van der Waals surface area (Å²) < 4.78 is 28.8. The molecule has 0 aliphatic carbocycles. The molecular weight excluding hydrogens is 336 g/mol. The molecule has 26 heavy (non-hydrogen) atoms. The van der Waals surface area contributed by atoms with Gasteiger partial charge in [-0.25, -0.2) is 13.5 Å². The molecule has 0 saturated carbocycles. The van der Waals surface area contributed by atoms with Crippen LogP contribution in [0.4, 0.5) is 8.78 Å². The van der Waals surface area contributed by atoms with Crippen LogP contribution < -0.4 is 5.32 Å². The number of carbonyl (C=O) groups excluding carboxylic acids is 1. The molecule has 0 saturated heterocycles. The quantitative estimate of drug-likeness (QED) is 0.759. The van der Waals surface area contributed by atoms with Crippen LogP contribution in [0.15, 0.2) is 54.6 Å². The summed E-state index contributed by atoms with van der Waals surface area (Å²) >= 11 is 0. The van der Waals surface area contributed by atoms with E-state index in [0.717, 1.165) is 0 Å². The summed E-state index contributed by atoms with van der Waals surface area (Å²) in [5.41, 5.74) is 0.912. The Balaban J connectivity index is 2.13. The maximum atomic E-state index is 14.1. The zero-order valence-electron chi connectivity index (χ0n) is 14.8. The molecule has 0 fully saturated rings. The van der Waals surface area contributed by atoms with E-state index in [-0.39, 0.29) is 17.2 Å². The number of aromatic nitrogens is 2. The highest BCUT2D eigenvalue weighted by molar-refractivity contribution is 5.94. The van der Waals surface area contributed by atoms with Gasteiger partial charge >= 0.3 is 0 Å². The molecular formula is C20H19F2N3O. The van der Waals surface area contributed by atoms with E-state index in [0.29, 0.717) is 11.4 Å². The van der Waals surface area contributed by atoms with Crippen molar-refractivity contribution in [2.75, 3.05) is 0 Å². The first-order valence-corrected chi connectivity index (χ1v) is 8.18. The third kappa shape index (κ3) is 3.79. The normalized spacial score (nSPS) is 11.4. The Labute approximate surface area is 150 Å². The van der Waals surface area contributed by atoms with Gasteiger partial charge in [0.1, 0.15) is 17.3 Å². The van der Waals surface area contributed by atoms with Crippen LogP contribution in [-0.2, 0) is 0 Å². The van der Waals surface area contributed by atoms with Crippen LogP contribution in [0.1, 0.15) is 31.3 Å². The lowest BCUT2D eigenvalue weighted by molar-refractivity contribution is 0.0911. The summed E-state index contributed by atoms with van der Waals surface area (Å²) in [7, 11) is 0. The molecule has 3 aromatic rings. The maximum Gasteiger partial charge on any atom is 0.270 e. The van der Waals surface area contributed by atoms with Crippen LogP contribution in [0.5, 0.6) is 0 Å². The van der Waals surface area contributed by atoms with Crippen molar-refractivity contribution in [1.29, 1.82) is 0 Å². The van der Waals surface area contributed by atoms with Crippen molar-refractivity contribution in [2.45, 2.75) is 26.3 Å². The van der Waals surface area contributed by atoms with Crippen molar-refractivity contribution >= 4 is 5.91 Å². The number of carbonyl (C=O) groups is 1. The summed E-state index contributed by atoms with van der Waals surface area (Å²) in [4.78, 5) is 12.7. The van der Waals surface area contributed by atoms with Crippen LogP contribution in [0.3, 0.4) is 0 Å². The van der Waals surface area contributed by atoms with Crippen LogP contribution in [-0.4, -0.2) is 21.2 Å². The van der Waals surface area contributed by atoms with Gasteiger partial charge in [0, 0.05) is 11.1 Å². The molecule has 0 aliphatic rings. The summed E-state index contributed by atoms with van der Waals surface area (Å²) in [5, 5.41) is 7.25. The van der Waals surface area contributed by atoms with Crippen LogP contribution in [0.2, 0.25) is 0 Å². The fraction of sp³-hybridized carbons (Fsp3) is 0.200. The Bertz CT molecular complexity index is 940. The number of halogens is 2. The summed E-state index contributed by atoms with van der Waals surface area (Å²) in [6.45, 7) is 5.59. The first-order chi connectivity index (χ1) is 12.2. The summed E-state index contributed by atoms with van der Waals surface area (Å²) in [6.07, 6.45) is 0. The van der Waals surface area contributed by atoms with Gasteiger partial charge in [0.25, 0.3) is 5.91 Å². The highest BCUT2D eigenvalue weighted by Gasteiger charge is 2.22. The Morgan fingerprint density at radius 3 is 2.31 bits per heavy atom. The molecule has 0 aliphatic heterocycles. The van der Waals surface area contributed by atoms with E-state index in [9.17, 15) is 13.6 Å². The van der Waals surface area contributed by atoms with Gasteiger partial charge in [-0.15, -0.1) is 0 Å². The third-order valence-corrected chi connectivity index (χ3v) is 3.65. The lowest BCUT2D eigenvalue weighted by Gasteiger charge is -2.20. The standard InChI is InChI=1S/C20H19F2N3O/c1-20(2,3)23-19(26)18-12-17(15-6-4-5-7-16(15)22)24-25(18)14-10-8-13(21)9-11-14/h4-12H,1-3H3,(H,23,26). The van der Waals surface area contributed by atoms with Crippen molar-refractivity contribution in [3.8, 4) is 16.9 Å². The molecule has 6 heteroatoms. The number of nitrogens with one attached hydrogen (secondary N) is 1. The second-order valence-corrected chi connectivity index (χ2v) is 6.99. The van der Waals surface area contributed by atoms with E-state index in [1.807, 2.05) is 20.8 Å². The Morgan fingerprint density at radius 1 is 1.04 bits per heavy atom. The van der Waals surface area contributed by atoms with Crippen molar-refractivity contribution in [3.05, 3.63) is 71.9 Å². The molecule has 0 bridgehead atoms. The van der Waals surface area contributed by atoms with E-state index >= 15 is 0 Å². The highest BCUT2D eigenvalue weighted by atomic mass is 19.1. The molecule has 1 heterocycles. The monoisotopic (exact) mass is 355 g/mol. The van der Waals surface area contributed by atoms with Gasteiger partial charge in [0.15, 0.2) is 0 Å². The van der Waals surface area contributed by atoms with E-state index in [1.54, 1.807) is 18.2 Å². The zero-order chi connectivity index (χ0) is 18.9. The van der Waals surface area contributed by atoms with E-state index in [1.165, 1.54) is 41.1 Å². The Morgan fingerprint density at radius 2 is 1.69 bits per heavy atom. The average Bonchev–Trinajstić information content (AvgIpc) is 2.99. The van der Waals surface area contributed by atoms with Crippen LogP contribution in [0.25, 0.3) is 16.9 Å². The fourth-order valence-corrected chi connectivity index (χ4v) is 2.53. The Kier molecular flexibility index (Phi) is 4.59.